The molecular formula is C32H38FN3. The van der Waals surface area contributed by atoms with E-state index in [2.05, 4.69) is 74.3 Å². The average Bonchev–Trinajstić information content (AvgIpc) is 2.90. The minimum atomic E-state index is -0.577. The van der Waals surface area contributed by atoms with Crippen LogP contribution in [0.1, 0.15) is 76.0 Å². The molecule has 3 N–H and O–H groups in total. The maximum Gasteiger partial charge on any atom is 0.123 e. The van der Waals surface area contributed by atoms with Gasteiger partial charge in [-0.25, -0.2) is 4.39 Å². The van der Waals surface area contributed by atoms with E-state index in [9.17, 15) is 4.39 Å². The van der Waals surface area contributed by atoms with Crippen molar-refractivity contribution in [3.05, 3.63) is 108 Å². The molecule has 4 rings (SSSR count). The summed E-state index contributed by atoms with van der Waals surface area (Å²) < 4.78 is 13.6. The van der Waals surface area contributed by atoms with Crippen LogP contribution in [0.3, 0.4) is 0 Å². The highest BCUT2D eigenvalue weighted by molar-refractivity contribution is 5.99. The summed E-state index contributed by atoms with van der Waals surface area (Å²) in [6.45, 7) is 8.21. The standard InChI is InChI=1S/C32H38FN3/c1-4-32(34,21-20-24-11-6-5-7-12-24)26-16-19-28-30(22-26)35-29(13-9-8-10-23(2)3)31(36-28)25-14-17-27(33)18-15-25/h6,11-12,14-22,31,36H,2,4-5,7-10,13,34H2,1,3H3/b21-20-. The van der Waals surface area contributed by atoms with Crippen LogP contribution in [-0.4, -0.2) is 5.71 Å². The zero-order chi connectivity index (χ0) is 25.5. The largest absolute Gasteiger partial charge is 0.371 e. The molecule has 2 aliphatic rings. The number of nitrogens with two attached hydrogens (primary N) is 1. The van der Waals surface area contributed by atoms with Crippen LogP contribution in [-0.2, 0) is 5.54 Å². The minimum Gasteiger partial charge on any atom is -0.371 e. The second-order valence-corrected chi connectivity index (χ2v) is 10.0. The molecule has 0 saturated carbocycles. The molecule has 1 heterocycles. The van der Waals surface area contributed by atoms with E-state index in [1.54, 1.807) is 0 Å². The topological polar surface area (TPSA) is 50.4 Å². The van der Waals surface area contributed by atoms with Gasteiger partial charge in [0.05, 0.1) is 23.0 Å². The molecule has 0 saturated heterocycles. The normalized spacial score (nSPS) is 18.7. The molecule has 0 bridgehead atoms. The van der Waals surface area contributed by atoms with Crippen molar-refractivity contribution in [2.24, 2.45) is 10.7 Å². The van der Waals surface area contributed by atoms with Gasteiger partial charge in [0, 0.05) is 5.71 Å². The predicted octanol–water partition coefficient (Wildman–Crippen LogP) is 8.60. The Morgan fingerprint density at radius 2 is 2.00 bits per heavy atom. The number of nitrogens with one attached hydrogen (secondary N) is 1. The van der Waals surface area contributed by atoms with Gasteiger partial charge in [0.15, 0.2) is 0 Å². The number of allylic oxidation sites excluding steroid dienone is 6. The second kappa shape index (κ2) is 11.7. The van der Waals surface area contributed by atoms with Crippen LogP contribution in [0.2, 0.25) is 0 Å². The first-order valence-corrected chi connectivity index (χ1v) is 13.1. The van der Waals surface area contributed by atoms with Gasteiger partial charge in [-0.05, 0) is 92.8 Å². The van der Waals surface area contributed by atoms with Crippen LogP contribution in [0.15, 0.2) is 95.6 Å². The smallest absolute Gasteiger partial charge is 0.123 e. The van der Waals surface area contributed by atoms with Gasteiger partial charge in [-0.1, -0.05) is 61.1 Å². The van der Waals surface area contributed by atoms with Crippen molar-refractivity contribution in [3.63, 3.8) is 0 Å². The number of benzene rings is 2. The highest BCUT2D eigenvalue weighted by atomic mass is 19.1. The Hall–Kier alpha value is -3.24. The van der Waals surface area contributed by atoms with Gasteiger partial charge in [0.25, 0.3) is 0 Å². The van der Waals surface area contributed by atoms with Crippen molar-refractivity contribution in [1.29, 1.82) is 0 Å². The number of unbranched alkanes of at least 4 members (excludes halogenated alkanes) is 1. The van der Waals surface area contributed by atoms with Gasteiger partial charge in [-0.2, -0.15) is 0 Å². The molecule has 0 amide bonds. The fourth-order valence-electron chi connectivity index (χ4n) is 4.78. The van der Waals surface area contributed by atoms with Crippen molar-refractivity contribution in [1.82, 2.24) is 0 Å². The molecular weight excluding hydrogens is 445 g/mol. The summed E-state index contributed by atoms with van der Waals surface area (Å²) in [5, 5.41) is 3.67. The molecule has 1 aliphatic carbocycles. The van der Waals surface area contributed by atoms with Gasteiger partial charge in [-0.15, -0.1) is 6.58 Å². The van der Waals surface area contributed by atoms with E-state index >= 15 is 0 Å². The van der Waals surface area contributed by atoms with Crippen LogP contribution < -0.4 is 11.1 Å². The Morgan fingerprint density at radius 3 is 2.69 bits per heavy atom. The number of halogens is 1. The molecule has 0 radical (unpaired) electrons. The first-order chi connectivity index (χ1) is 17.4. The maximum atomic E-state index is 13.6. The van der Waals surface area contributed by atoms with Gasteiger partial charge < -0.3 is 11.1 Å². The zero-order valence-electron chi connectivity index (χ0n) is 21.6. The molecule has 2 aromatic carbocycles. The van der Waals surface area contributed by atoms with Crippen LogP contribution in [0.25, 0.3) is 0 Å². The summed E-state index contributed by atoms with van der Waals surface area (Å²) in [6, 6.07) is 12.9. The summed E-state index contributed by atoms with van der Waals surface area (Å²) >= 11 is 0. The van der Waals surface area contributed by atoms with Crippen molar-refractivity contribution >= 4 is 17.1 Å². The molecule has 0 fully saturated rings. The lowest BCUT2D eigenvalue weighted by Crippen LogP contribution is -2.33. The van der Waals surface area contributed by atoms with Crippen LogP contribution >= 0.6 is 0 Å². The molecule has 36 heavy (non-hydrogen) atoms. The first kappa shape index (κ1) is 25.8. The highest BCUT2D eigenvalue weighted by Gasteiger charge is 2.27. The lowest BCUT2D eigenvalue weighted by Gasteiger charge is -2.30. The monoisotopic (exact) mass is 483 g/mol. The van der Waals surface area contributed by atoms with Gasteiger partial charge in [0.2, 0.25) is 0 Å². The van der Waals surface area contributed by atoms with E-state index in [1.165, 1.54) is 23.3 Å². The molecule has 2 unspecified atom stereocenters. The van der Waals surface area contributed by atoms with Crippen LogP contribution in [0.5, 0.6) is 0 Å². The van der Waals surface area contributed by atoms with Crippen LogP contribution in [0, 0.1) is 5.82 Å². The quantitative estimate of drug-likeness (QED) is 0.262. The number of nitrogens with zero attached hydrogens (tertiary/aromatic N) is 1. The molecule has 188 valence electrons. The third-order valence-corrected chi connectivity index (χ3v) is 7.10. The van der Waals surface area contributed by atoms with E-state index in [1.807, 2.05) is 12.1 Å². The molecule has 0 aromatic heterocycles. The first-order valence-electron chi connectivity index (χ1n) is 13.1. The van der Waals surface area contributed by atoms with E-state index in [0.29, 0.717) is 0 Å². The second-order valence-electron chi connectivity index (χ2n) is 10.0. The minimum absolute atomic E-state index is 0.0764. The number of fused-ring (bicyclic) bond motifs is 1. The fourth-order valence-corrected chi connectivity index (χ4v) is 4.78. The molecule has 2 atom stereocenters. The predicted molar refractivity (Wildman–Crippen MR) is 151 cm³/mol. The summed E-state index contributed by atoms with van der Waals surface area (Å²) in [5.74, 6) is -0.231. The summed E-state index contributed by atoms with van der Waals surface area (Å²) in [5.41, 5.74) is 13.8. The van der Waals surface area contributed by atoms with Gasteiger partial charge in [0.1, 0.15) is 5.82 Å². The van der Waals surface area contributed by atoms with Crippen molar-refractivity contribution < 1.29 is 4.39 Å². The highest BCUT2D eigenvalue weighted by Crippen LogP contribution is 2.39. The Kier molecular flexibility index (Phi) is 8.37. The van der Waals surface area contributed by atoms with Crippen LogP contribution in [0.4, 0.5) is 15.8 Å². The van der Waals surface area contributed by atoms with Crippen molar-refractivity contribution in [2.45, 2.75) is 70.4 Å². The fraction of sp³-hybridized carbons (Fsp3) is 0.344. The Morgan fingerprint density at radius 1 is 1.19 bits per heavy atom. The maximum absolute atomic E-state index is 13.6. The zero-order valence-corrected chi connectivity index (χ0v) is 21.6. The van der Waals surface area contributed by atoms with Gasteiger partial charge >= 0.3 is 0 Å². The lowest BCUT2D eigenvalue weighted by molar-refractivity contribution is 0.540. The number of hydrogen-bond donors (Lipinski definition) is 2. The lowest BCUT2D eigenvalue weighted by atomic mass is 9.86. The number of hydrogen-bond acceptors (Lipinski definition) is 3. The number of rotatable bonds is 10. The Balaban J connectivity index is 1.63. The molecule has 4 heteroatoms. The molecule has 1 aliphatic heterocycles. The molecule has 2 aromatic rings. The van der Waals surface area contributed by atoms with Gasteiger partial charge in [-0.3, -0.25) is 4.99 Å². The molecule has 0 spiro atoms. The van der Waals surface area contributed by atoms with E-state index < -0.39 is 5.54 Å². The Bertz CT molecular complexity index is 1200. The summed E-state index contributed by atoms with van der Waals surface area (Å²) in [4.78, 5) is 5.14. The average molecular weight is 484 g/mol. The third kappa shape index (κ3) is 6.30. The Labute approximate surface area is 215 Å². The number of aliphatic imine (C=N–C) groups is 1. The van der Waals surface area contributed by atoms with E-state index in [0.717, 1.165) is 73.2 Å². The summed E-state index contributed by atoms with van der Waals surface area (Å²) in [6.07, 6.45) is 17.8. The van der Waals surface area contributed by atoms with E-state index in [-0.39, 0.29) is 11.9 Å². The number of anilines is 1. The summed E-state index contributed by atoms with van der Waals surface area (Å²) in [7, 11) is 0. The van der Waals surface area contributed by atoms with Crippen molar-refractivity contribution in [3.8, 4) is 0 Å². The van der Waals surface area contributed by atoms with E-state index in [4.69, 9.17) is 10.7 Å². The SMILES string of the molecule is C=C(C)CCCCC1=Nc2cc(C(N)(/C=C\C3=CCCC=C3)CC)ccc2NC1c1ccc(F)cc1. The third-order valence-electron chi connectivity index (χ3n) is 7.10. The molecule has 3 nitrogen and oxygen atoms in total. The van der Waals surface area contributed by atoms with Crippen molar-refractivity contribution in [2.75, 3.05) is 5.32 Å².